The van der Waals surface area contributed by atoms with Crippen LogP contribution in [0.1, 0.15) is 24.5 Å². The van der Waals surface area contributed by atoms with Crippen molar-refractivity contribution in [2.24, 2.45) is 4.99 Å². The van der Waals surface area contributed by atoms with Crippen LogP contribution in [0.4, 0.5) is 0 Å². The van der Waals surface area contributed by atoms with Crippen LogP contribution in [0.25, 0.3) is 5.70 Å². The van der Waals surface area contributed by atoms with Gasteiger partial charge in [-0.1, -0.05) is 18.5 Å². The summed E-state index contributed by atoms with van der Waals surface area (Å²) in [5.74, 6) is 1.26. The highest BCUT2D eigenvalue weighted by molar-refractivity contribution is 6.30. The minimum atomic E-state index is -0.285. The zero-order valence-electron chi connectivity index (χ0n) is 15.6. The van der Waals surface area contributed by atoms with E-state index in [1.807, 2.05) is 31.2 Å². The van der Waals surface area contributed by atoms with Gasteiger partial charge in [-0.15, -0.1) is 0 Å². The van der Waals surface area contributed by atoms with Crippen LogP contribution in [0.2, 0.25) is 5.02 Å². The predicted molar refractivity (Wildman–Crippen MR) is 104 cm³/mol. The molecule has 0 bridgehead atoms. The van der Waals surface area contributed by atoms with Gasteiger partial charge in [0.1, 0.15) is 6.04 Å². The number of carbonyl (C=O) groups excluding carboxylic acids is 1. The third-order valence-electron chi connectivity index (χ3n) is 5.27. The molecule has 0 aromatic heterocycles. The maximum absolute atomic E-state index is 12.8. The molecule has 0 saturated carbocycles. The van der Waals surface area contributed by atoms with Gasteiger partial charge in [-0.05, 0) is 48.7 Å². The molecular weight excluding hydrogens is 364 g/mol. The second-order valence-electron chi connectivity index (χ2n) is 6.69. The molecule has 0 aliphatic carbocycles. The highest BCUT2D eigenvalue weighted by atomic mass is 35.5. The van der Waals surface area contributed by atoms with Gasteiger partial charge < -0.3 is 14.4 Å². The molecule has 0 radical (unpaired) electrons. The standard InChI is InChI=1S/C21H21ClN2O3/c1-4-17-21(25)23-16-6-5-13(22)10-15(16)20-14-11-19(27-3)18(26-2)9-12(14)7-8-24(17)20/h5-6,9-11,17H,4,7-8H2,1-3H3. The number of amides is 1. The van der Waals surface area contributed by atoms with E-state index in [4.69, 9.17) is 21.1 Å². The molecule has 6 heteroatoms. The third-order valence-corrected chi connectivity index (χ3v) is 5.50. The first-order valence-corrected chi connectivity index (χ1v) is 9.39. The number of carbonyl (C=O) groups is 1. The van der Waals surface area contributed by atoms with Gasteiger partial charge in [-0.25, -0.2) is 4.99 Å². The maximum atomic E-state index is 12.8. The van der Waals surface area contributed by atoms with Gasteiger partial charge in [0.2, 0.25) is 0 Å². The summed E-state index contributed by atoms with van der Waals surface area (Å²) in [6.45, 7) is 2.76. The number of ether oxygens (including phenoxy) is 2. The summed E-state index contributed by atoms with van der Waals surface area (Å²) in [6, 6.07) is 9.20. The summed E-state index contributed by atoms with van der Waals surface area (Å²) in [4.78, 5) is 19.3. The number of hydrogen-bond acceptors (Lipinski definition) is 4. The first kappa shape index (κ1) is 17.9. The Hall–Kier alpha value is -2.53. The highest BCUT2D eigenvalue weighted by Crippen LogP contribution is 2.38. The topological polar surface area (TPSA) is 51.1 Å². The Kier molecular flexibility index (Phi) is 4.56. The lowest BCUT2D eigenvalue weighted by Crippen LogP contribution is -2.44. The fourth-order valence-electron chi connectivity index (χ4n) is 3.98. The lowest BCUT2D eigenvalue weighted by molar-refractivity contribution is -0.122. The maximum Gasteiger partial charge on any atom is 0.268 e. The lowest BCUT2D eigenvalue weighted by Gasteiger charge is -2.37. The van der Waals surface area contributed by atoms with Crippen LogP contribution < -0.4 is 20.0 Å². The third kappa shape index (κ3) is 2.86. The largest absolute Gasteiger partial charge is 0.493 e. The number of halogens is 1. The Morgan fingerprint density at radius 1 is 1.19 bits per heavy atom. The normalized spacial score (nSPS) is 18.1. The SMILES string of the molecule is CCC1C(=O)N=c2ccc(Cl)cc2=C2c3cc(OC)c(OC)cc3CCN21. The summed E-state index contributed by atoms with van der Waals surface area (Å²) in [6.07, 6.45) is 1.51. The minimum Gasteiger partial charge on any atom is -0.493 e. The predicted octanol–water partition coefficient (Wildman–Crippen LogP) is 2.31. The summed E-state index contributed by atoms with van der Waals surface area (Å²) >= 11 is 6.30. The van der Waals surface area contributed by atoms with Gasteiger partial charge in [0.15, 0.2) is 11.5 Å². The van der Waals surface area contributed by atoms with E-state index in [0.29, 0.717) is 28.3 Å². The lowest BCUT2D eigenvalue weighted by atomic mass is 9.92. The number of nitrogens with zero attached hydrogens (tertiary/aromatic N) is 2. The van der Waals surface area contributed by atoms with Gasteiger partial charge in [0.25, 0.3) is 5.91 Å². The number of hydrogen-bond donors (Lipinski definition) is 0. The second-order valence-corrected chi connectivity index (χ2v) is 7.13. The van der Waals surface area contributed by atoms with Gasteiger partial charge in [0, 0.05) is 22.3 Å². The monoisotopic (exact) mass is 384 g/mol. The Balaban J connectivity index is 2.11. The van der Waals surface area contributed by atoms with Crippen LogP contribution >= 0.6 is 11.6 Å². The quantitative estimate of drug-likeness (QED) is 0.815. The molecule has 1 unspecified atom stereocenters. The van der Waals surface area contributed by atoms with Crippen molar-refractivity contribution in [1.82, 2.24) is 4.90 Å². The first-order chi connectivity index (χ1) is 13.1. The van der Waals surface area contributed by atoms with E-state index >= 15 is 0 Å². The molecule has 0 saturated heterocycles. The van der Waals surface area contributed by atoms with Crippen molar-refractivity contribution < 1.29 is 14.3 Å². The average Bonchev–Trinajstić information content (AvgIpc) is 2.79. The van der Waals surface area contributed by atoms with Gasteiger partial charge in [-0.3, -0.25) is 4.79 Å². The Bertz CT molecular complexity index is 1050. The van der Waals surface area contributed by atoms with Crippen molar-refractivity contribution in [3.8, 4) is 11.5 Å². The van der Waals surface area contributed by atoms with Crippen molar-refractivity contribution in [1.29, 1.82) is 0 Å². The molecule has 5 nitrogen and oxygen atoms in total. The highest BCUT2D eigenvalue weighted by Gasteiger charge is 2.33. The Morgan fingerprint density at radius 2 is 1.93 bits per heavy atom. The van der Waals surface area contributed by atoms with Crippen LogP contribution in [0.15, 0.2) is 35.3 Å². The van der Waals surface area contributed by atoms with Crippen molar-refractivity contribution in [2.45, 2.75) is 25.8 Å². The van der Waals surface area contributed by atoms with E-state index in [1.165, 1.54) is 0 Å². The van der Waals surface area contributed by atoms with Crippen molar-refractivity contribution in [3.63, 3.8) is 0 Å². The smallest absolute Gasteiger partial charge is 0.268 e. The molecule has 4 rings (SSSR count). The van der Waals surface area contributed by atoms with E-state index < -0.39 is 0 Å². The number of fused-ring (bicyclic) bond motifs is 4. The zero-order valence-corrected chi connectivity index (χ0v) is 16.3. The van der Waals surface area contributed by atoms with Crippen molar-refractivity contribution >= 4 is 23.2 Å². The summed E-state index contributed by atoms with van der Waals surface area (Å²) in [5.41, 5.74) is 3.18. The van der Waals surface area contributed by atoms with Crippen LogP contribution in [0.5, 0.6) is 11.5 Å². The van der Waals surface area contributed by atoms with E-state index in [2.05, 4.69) is 9.89 Å². The molecule has 2 aromatic rings. The number of benzene rings is 2. The Morgan fingerprint density at radius 3 is 2.63 bits per heavy atom. The fraction of sp³-hybridized carbons (Fsp3) is 0.333. The summed E-state index contributed by atoms with van der Waals surface area (Å²) in [7, 11) is 3.26. The first-order valence-electron chi connectivity index (χ1n) is 9.01. The van der Waals surface area contributed by atoms with E-state index in [-0.39, 0.29) is 11.9 Å². The van der Waals surface area contributed by atoms with Crippen LogP contribution in [0, 0.1) is 0 Å². The molecule has 2 aliphatic rings. The minimum absolute atomic E-state index is 0.111. The molecule has 1 atom stereocenters. The van der Waals surface area contributed by atoms with Crippen LogP contribution in [0.3, 0.4) is 0 Å². The number of rotatable bonds is 3. The van der Waals surface area contributed by atoms with E-state index in [1.54, 1.807) is 20.3 Å². The van der Waals surface area contributed by atoms with Crippen LogP contribution in [-0.2, 0) is 11.2 Å². The summed E-state index contributed by atoms with van der Waals surface area (Å²) < 4.78 is 11.0. The van der Waals surface area contributed by atoms with Crippen molar-refractivity contribution in [3.05, 3.63) is 57.1 Å². The van der Waals surface area contributed by atoms with Crippen molar-refractivity contribution in [2.75, 3.05) is 20.8 Å². The molecule has 2 heterocycles. The molecule has 2 aliphatic heterocycles. The van der Waals surface area contributed by atoms with Gasteiger partial charge in [0.05, 0.1) is 25.3 Å². The Labute approximate surface area is 162 Å². The summed E-state index contributed by atoms with van der Waals surface area (Å²) in [5, 5.41) is 2.15. The zero-order chi connectivity index (χ0) is 19.1. The second kappa shape index (κ2) is 6.89. The molecule has 2 aromatic carbocycles. The number of methoxy groups -OCH3 is 2. The molecule has 1 amide bonds. The van der Waals surface area contributed by atoms with E-state index in [9.17, 15) is 4.79 Å². The van der Waals surface area contributed by atoms with Gasteiger partial charge in [-0.2, -0.15) is 0 Å². The molecule has 0 fully saturated rings. The molecule has 140 valence electrons. The van der Waals surface area contributed by atoms with E-state index in [0.717, 1.165) is 35.0 Å². The van der Waals surface area contributed by atoms with Crippen LogP contribution in [-0.4, -0.2) is 37.6 Å². The molecule has 0 spiro atoms. The molecular formula is C21H21ClN2O3. The molecule has 0 N–H and O–H groups in total. The average molecular weight is 385 g/mol. The molecule has 27 heavy (non-hydrogen) atoms. The fourth-order valence-corrected chi connectivity index (χ4v) is 4.16. The van der Waals surface area contributed by atoms with Gasteiger partial charge >= 0.3 is 0 Å².